The molecule has 3 aromatic heterocycles. The van der Waals surface area contributed by atoms with Crippen molar-refractivity contribution in [3.05, 3.63) is 48.1 Å². The first-order chi connectivity index (χ1) is 15.3. The van der Waals surface area contributed by atoms with Crippen LogP contribution in [0.15, 0.2) is 41.2 Å². The van der Waals surface area contributed by atoms with E-state index in [0.717, 1.165) is 25.9 Å². The third kappa shape index (κ3) is 5.10. The summed E-state index contributed by atoms with van der Waals surface area (Å²) in [6.07, 6.45) is 0.260. The van der Waals surface area contributed by atoms with E-state index in [1.54, 1.807) is 12.1 Å². The number of likely N-dealkylation sites (tertiary alicyclic amines) is 1. The van der Waals surface area contributed by atoms with Gasteiger partial charge in [0.2, 0.25) is 5.82 Å². The minimum Gasteiger partial charge on any atom is -0.352 e. The Labute approximate surface area is 181 Å². The average Bonchev–Trinajstić information content (AvgIpc) is 3.30. The van der Waals surface area contributed by atoms with E-state index in [1.807, 2.05) is 0 Å². The number of rotatable bonds is 5. The highest BCUT2D eigenvalue weighted by Crippen LogP contribution is 2.30. The van der Waals surface area contributed by atoms with Gasteiger partial charge in [0.1, 0.15) is 0 Å². The third-order valence-corrected chi connectivity index (χ3v) is 5.36. The van der Waals surface area contributed by atoms with Gasteiger partial charge in [-0.2, -0.15) is 18.2 Å². The molecule has 0 radical (unpaired) electrons. The van der Waals surface area contributed by atoms with E-state index in [0.29, 0.717) is 35.0 Å². The number of halogens is 3. The van der Waals surface area contributed by atoms with Crippen molar-refractivity contribution < 1.29 is 22.5 Å². The van der Waals surface area contributed by atoms with Crippen molar-refractivity contribution in [3.63, 3.8) is 0 Å². The SMILES string of the molecule is CN1CCC(CNC(=O)c2ccc(-c3cc(-c4noc(C(F)(F)F)n4)ccn3)nc2)CC1. The first-order valence-electron chi connectivity index (χ1n) is 10.1. The fourth-order valence-corrected chi connectivity index (χ4v) is 3.45. The lowest BCUT2D eigenvalue weighted by atomic mass is 9.97. The summed E-state index contributed by atoms with van der Waals surface area (Å²) in [7, 11) is 2.09. The Morgan fingerprint density at radius 1 is 1.19 bits per heavy atom. The van der Waals surface area contributed by atoms with Crippen molar-refractivity contribution in [2.24, 2.45) is 5.92 Å². The van der Waals surface area contributed by atoms with Crippen molar-refractivity contribution in [1.82, 2.24) is 30.3 Å². The summed E-state index contributed by atoms with van der Waals surface area (Å²) < 4.78 is 42.3. The van der Waals surface area contributed by atoms with Crippen LogP contribution in [0.25, 0.3) is 22.8 Å². The molecule has 0 spiro atoms. The fourth-order valence-electron chi connectivity index (χ4n) is 3.45. The Hall–Kier alpha value is -3.34. The molecule has 1 N–H and O–H groups in total. The standard InChI is InChI=1S/C21H21F3N6O2/c1-30-8-5-13(6-9-30)11-27-19(31)15-2-3-16(26-12-15)17-10-14(4-7-25-17)18-28-20(32-29-18)21(22,23)24/h2-4,7,10,12-13H,5-6,8-9,11H2,1H3,(H,27,31). The van der Waals surface area contributed by atoms with Crippen LogP contribution in [0.4, 0.5) is 13.2 Å². The van der Waals surface area contributed by atoms with Gasteiger partial charge in [-0.15, -0.1) is 0 Å². The Bertz CT molecular complexity index is 1080. The zero-order valence-electron chi connectivity index (χ0n) is 17.3. The van der Waals surface area contributed by atoms with Gasteiger partial charge >= 0.3 is 12.1 Å². The maximum Gasteiger partial charge on any atom is 0.471 e. The van der Waals surface area contributed by atoms with Crippen molar-refractivity contribution in [3.8, 4) is 22.8 Å². The Morgan fingerprint density at radius 2 is 1.97 bits per heavy atom. The summed E-state index contributed by atoms with van der Waals surface area (Å²) in [5.74, 6) is -1.35. The summed E-state index contributed by atoms with van der Waals surface area (Å²) in [5, 5.41) is 6.33. The molecule has 0 bridgehead atoms. The van der Waals surface area contributed by atoms with E-state index in [-0.39, 0.29) is 11.7 Å². The van der Waals surface area contributed by atoms with Crippen LogP contribution < -0.4 is 5.32 Å². The quantitative estimate of drug-likeness (QED) is 0.642. The lowest BCUT2D eigenvalue weighted by Gasteiger charge is -2.28. The minimum absolute atomic E-state index is 0.198. The smallest absolute Gasteiger partial charge is 0.352 e. The second-order valence-corrected chi connectivity index (χ2v) is 7.74. The van der Waals surface area contributed by atoms with Crippen LogP contribution in [0.3, 0.4) is 0 Å². The lowest BCUT2D eigenvalue weighted by molar-refractivity contribution is -0.159. The summed E-state index contributed by atoms with van der Waals surface area (Å²) >= 11 is 0. The lowest BCUT2D eigenvalue weighted by Crippen LogP contribution is -2.36. The van der Waals surface area contributed by atoms with Crippen molar-refractivity contribution in [2.75, 3.05) is 26.7 Å². The maximum atomic E-state index is 12.7. The van der Waals surface area contributed by atoms with E-state index in [2.05, 4.69) is 41.9 Å². The molecular formula is C21H21F3N6O2. The second kappa shape index (κ2) is 9.03. The molecule has 1 saturated heterocycles. The van der Waals surface area contributed by atoms with E-state index in [9.17, 15) is 18.0 Å². The molecule has 0 aliphatic carbocycles. The topological polar surface area (TPSA) is 97.0 Å². The number of carbonyl (C=O) groups is 1. The monoisotopic (exact) mass is 446 g/mol. The van der Waals surface area contributed by atoms with Crippen molar-refractivity contribution in [2.45, 2.75) is 19.0 Å². The summed E-state index contributed by atoms with van der Waals surface area (Å²) in [4.78, 5) is 26.6. The van der Waals surface area contributed by atoms with Gasteiger partial charge in [0.05, 0.1) is 17.0 Å². The Kier molecular flexibility index (Phi) is 6.17. The number of amides is 1. The third-order valence-electron chi connectivity index (χ3n) is 5.36. The molecule has 0 saturated carbocycles. The van der Waals surface area contributed by atoms with Crippen LogP contribution in [0.1, 0.15) is 29.1 Å². The Balaban J connectivity index is 1.42. The van der Waals surface area contributed by atoms with Gasteiger partial charge in [-0.3, -0.25) is 14.8 Å². The van der Waals surface area contributed by atoms with E-state index >= 15 is 0 Å². The van der Waals surface area contributed by atoms with Crippen LogP contribution in [-0.4, -0.2) is 57.6 Å². The molecule has 1 aliphatic heterocycles. The first-order valence-corrected chi connectivity index (χ1v) is 10.1. The molecule has 32 heavy (non-hydrogen) atoms. The van der Waals surface area contributed by atoms with Crippen molar-refractivity contribution in [1.29, 1.82) is 0 Å². The molecule has 8 nitrogen and oxygen atoms in total. The number of aromatic nitrogens is 4. The van der Waals surface area contributed by atoms with Gasteiger partial charge < -0.3 is 14.7 Å². The number of nitrogens with zero attached hydrogens (tertiary/aromatic N) is 5. The predicted octanol–water partition coefficient (Wildman–Crippen LogP) is 3.28. The number of hydrogen-bond acceptors (Lipinski definition) is 7. The van der Waals surface area contributed by atoms with Gasteiger partial charge in [-0.1, -0.05) is 5.16 Å². The van der Waals surface area contributed by atoms with Gasteiger partial charge in [-0.05, 0) is 63.2 Å². The molecule has 1 amide bonds. The van der Waals surface area contributed by atoms with Crippen LogP contribution in [0, 0.1) is 5.92 Å². The van der Waals surface area contributed by atoms with E-state index in [1.165, 1.54) is 24.5 Å². The van der Waals surface area contributed by atoms with Crippen LogP contribution in [0.5, 0.6) is 0 Å². The van der Waals surface area contributed by atoms with E-state index < -0.39 is 12.1 Å². The molecule has 0 aromatic carbocycles. The normalized spacial score (nSPS) is 15.6. The highest BCUT2D eigenvalue weighted by molar-refractivity contribution is 5.94. The number of pyridine rings is 2. The first kappa shape index (κ1) is 21.9. The Morgan fingerprint density at radius 3 is 2.62 bits per heavy atom. The molecule has 3 aromatic rings. The fraction of sp³-hybridized carbons (Fsp3) is 0.381. The summed E-state index contributed by atoms with van der Waals surface area (Å²) in [5.41, 5.74) is 1.58. The second-order valence-electron chi connectivity index (χ2n) is 7.74. The van der Waals surface area contributed by atoms with Gasteiger partial charge in [0.15, 0.2) is 0 Å². The zero-order valence-corrected chi connectivity index (χ0v) is 17.3. The van der Waals surface area contributed by atoms with Gasteiger partial charge in [0.25, 0.3) is 5.91 Å². The zero-order chi connectivity index (χ0) is 22.7. The highest BCUT2D eigenvalue weighted by atomic mass is 19.4. The summed E-state index contributed by atoms with van der Waals surface area (Å²) in [6, 6.07) is 6.25. The summed E-state index contributed by atoms with van der Waals surface area (Å²) in [6.45, 7) is 2.69. The molecule has 11 heteroatoms. The van der Waals surface area contributed by atoms with Crippen molar-refractivity contribution >= 4 is 5.91 Å². The number of alkyl halides is 3. The molecule has 4 rings (SSSR count). The molecule has 0 atom stereocenters. The maximum absolute atomic E-state index is 12.7. The predicted molar refractivity (Wildman–Crippen MR) is 108 cm³/mol. The van der Waals surface area contributed by atoms with E-state index in [4.69, 9.17) is 0 Å². The molecule has 0 unspecified atom stereocenters. The number of carbonyl (C=O) groups excluding carboxylic acids is 1. The van der Waals surface area contributed by atoms with Crippen LogP contribution in [0.2, 0.25) is 0 Å². The highest BCUT2D eigenvalue weighted by Gasteiger charge is 2.38. The number of piperidine rings is 1. The average molecular weight is 446 g/mol. The molecule has 4 heterocycles. The van der Waals surface area contributed by atoms with Gasteiger partial charge in [0, 0.05) is 24.5 Å². The number of nitrogens with one attached hydrogen (secondary N) is 1. The largest absolute Gasteiger partial charge is 0.471 e. The number of hydrogen-bond donors (Lipinski definition) is 1. The minimum atomic E-state index is -4.72. The molecular weight excluding hydrogens is 425 g/mol. The molecule has 1 fully saturated rings. The molecule has 168 valence electrons. The van der Waals surface area contributed by atoms with Crippen LogP contribution >= 0.6 is 0 Å². The molecule has 1 aliphatic rings. The van der Waals surface area contributed by atoms with Crippen LogP contribution in [-0.2, 0) is 6.18 Å². The van der Waals surface area contributed by atoms with Gasteiger partial charge in [-0.25, -0.2) is 0 Å².